The minimum Gasteiger partial charge on any atom is -0.299 e. The van der Waals surface area contributed by atoms with Crippen LogP contribution in [-0.2, 0) is 10.5 Å². The third-order valence-corrected chi connectivity index (χ3v) is 2.41. The number of aldehydes is 1. The zero-order valence-electron chi connectivity index (χ0n) is 7.34. The molecule has 1 aromatic carbocycles. The molecule has 1 atom stereocenters. The molecule has 0 fully saturated rings. The van der Waals surface area contributed by atoms with Crippen LogP contribution in [0.25, 0.3) is 0 Å². The molecule has 1 aromatic rings. The van der Waals surface area contributed by atoms with E-state index in [1.54, 1.807) is 12.1 Å². The monoisotopic (exact) mass is 234 g/mol. The van der Waals surface area contributed by atoms with Gasteiger partial charge in [0.15, 0.2) is 12.0 Å². The molecule has 76 valence electrons. The van der Waals surface area contributed by atoms with Crippen molar-refractivity contribution in [3.05, 3.63) is 34.9 Å². The van der Waals surface area contributed by atoms with Gasteiger partial charge in [-0.15, -0.1) is 11.6 Å². The topological polar surface area (TPSA) is 17.1 Å². The van der Waals surface area contributed by atoms with Crippen LogP contribution in [-0.4, -0.2) is 12.2 Å². The maximum absolute atomic E-state index is 13.9. The fourth-order valence-electron chi connectivity index (χ4n) is 1.14. The first-order valence-corrected chi connectivity index (χ1v) is 5.01. The SMILES string of the molecule is O=CC(F)(CCCl)c1ccc(Cl)cc1. The molecule has 14 heavy (non-hydrogen) atoms. The largest absolute Gasteiger partial charge is 0.299 e. The molecule has 1 nitrogen and oxygen atoms in total. The summed E-state index contributed by atoms with van der Waals surface area (Å²) in [6.07, 6.45) is 0.248. The summed E-state index contributed by atoms with van der Waals surface area (Å²) in [4.78, 5) is 10.6. The molecule has 4 heteroatoms. The predicted octanol–water partition coefficient (Wildman–Crippen LogP) is 3.33. The summed E-state index contributed by atoms with van der Waals surface area (Å²) in [6, 6.07) is 6.07. The molecule has 0 amide bonds. The molecule has 0 radical (unpaired) electrons. The van der Waals surface area contributed by atoms with Crippen LogP contribution in [0.15, 0.2) is 24.3 Å². The molecule has 0 bridgehead atoms. The van der Waals surface area contributed by atoms with E-state index in [1.807, 2.05) is 0 Å². The van der Waals surface area contributed by atoms with Crippen molar-refractivity contribution in [3.8, 4) is 0 Å². The van der Waals surface area contributed by atoms with Gasteiger partial charge in [0.1, 0.15) is 0 Å². The second kappa shape index (κ2) is 4.76. The Bertz CT molecular complexity index is 312. The number of hydrogen-bond acceptors (Lipinski definition) is 1. The summed E-state index contributed by atoms with van der Waals surface area (Å²) >= 11 is 11.1. The van der Waals surface area contributed by atoms with Crippen LogP contribution >= 0.6 is 23.2 Å². The molecule has 0 aliphatic carbocycles. The van der Waals surface area contributed by atoms with Crippen LogP contribution in [0.5, 0.6) is 0 Å². The molecular weight excluding hydrogens is 226 g/mol. The van der Waals surface area contributed by atoms with Gasteiger partial charge in [0.05, 0.1) is 0 Å². The molecule has 0 saturated carbocycles. The van der Waals surface area contributed by atoms with Crippen molar-refractivity contribution >= 4 is 29.5 Å². The van der Waals surface area contributed by atoms with Crippen LogP contribution in [0.3, 0.4) is 0 Å². The van der Waals surface area contributed by atoms with Gasteiger partial charge in [0.25, 0.3) is 0 Å². The van der Waals surface area contributed by atoms with Gasteiger partial charge in [0.2, 0.25) is 0 Å². The zero-order valence-corrected chi connectivity index (χ0v) is 8.85. The lowest BCUT2D eigenvalue weighted by molar-refractivity contribution is -0.118. The molecule has 0 saturated heterocycles. The number of hydrogen-bond donors (Lipinski definition) is 0. The third-order valence-electron chi connectivity index (χ3n) is 1.97. The molecule has 0 spiro atoms. The number of rotatable bonds is 4. The molecule has 0 aliphatic heterocycles. The summed E-state index contributed by atoms with van der Waals surface area (Å²) in [5, 5.41) is 0.507. The van der Waals surface area contributed by atoms with Gasteiger partial charge < -0.3 is 0 Å². The van der Waals surface area contributed by atoms with Gasteiger partial charge in [-0.2, -0.15) is 0 Å². The van der Waals surface area contributed by atoms with Gasteiger partial charge in [-0.25, -0.2) is 4.39 Å². The normalized spacial score (nSPS) is 14.8. The molecule has 0 aliphatic rings. The zero-order chi connectivity index (χ0) is 10.6. The van der Waals surface area contributed by atoms with Gasteiger partial charge >= 0.3 is 0 Å². The van der Waals surface area contributed by atoms with Crippen molar-refractivity contribution in [1.29, 1.82) is 0 Å². The quantitative estimate of drug-likeness (QED) is 0.577. The highest BCUT2D eigenvalue weighted by Gasteiger charge is 2.30. The Hall–Kier alpha value is -0.600. The second-order valence-electron chi connectivity index (χ2n) is 2.93. The van der Waals surface area contributed by atoms with Crippen molar-refractivity contribution < 1.29 is 9.18 Å². The molecular formula is C10H9Cl2FO. The minimum absolute atomic E-state index is 0.0281. The summed E-state index contributed by atoms with van der Waals surface area (Å²) in [7, 11) is 0. The Kier molecular flexibility index (Phi) is 3.90. The average Bonchev–Trinajstić information content (AvgIpc) is 2.19. The van der Waals surface area contributed by atoms with E-state index < -0.39 is 5.67 Å². The fraction of sp³-hybridized carbons (Fsp3) is 0.300. The Morgan fingerprint density at radius 3 is 2.36 bits per heavy atom. The van der Waals surface area contributed by atoms with E-state index in [9.17, 15) is 9.18 Å². The first kappa shape index (κ1) is 11.5. The predicted molar refractivity (Wildman–Crippen MR) is 55.6 cm³/mol. The first-order valence-electron chi connectivity index (χ1n) is 4.09. The lowest BCUT2D eigenvalue weighted by Gasteiger charge is -2.17. The molecule has 0 N–H and O–H groups in total. The Morgan fingerprint density at radius 2 is 1.93 bits per heavy atom. The Morgan fingerprint density at radius 1 is 1.36 bits per heavy atom. The van der Waals surface area contributed by atoms with Crippen molar-refractivity contribution in [2.45, 2.75) is 12.1 Å². The van der Waals surface area contributed by atoms with Gasteiger partial charge in [-0.1, -0.05) is 23.7 Å². The summed E-state index contributed by atoms with van der Waals surface area (Å²) < 4.78 is 13.9. The highest BCUT2D eigenvalue weighted by molar-refractivity contribution is 6.30. The molecule has 0 heterocycles. The maximum atomic E-state index is 13.9. The van der Waals surface area contributed by atoms with Crippen LogP contribution in [0, 0.1) is 0 Å². The van der Waals surface area contributed by atoms with Crippen LogP contribution < -0.4 is 0 Å². The smallest absolute Gasteiger partial charge is 0.191 e. The maximum Gasteiger partial charge on any atom is 0.191 e. The molecule has 1 rings (SSSR count). The van der Waals surface area contributed by atoms with E-state index in [1.165, 1.54) is 12.1 Å². The van der Waals surface area contributed by atoms with Gasteiger partial charge in [-0.05, 0) is 17.7 Å². The van der Waals surface area contributed by atoms with E-state index in [2.05, 4.69) is 0 Å². The molecule has 0 aromatic heterocycles. The summed E-state index contributed by atoms with van der Waals surface area (Å²) in [5.74, 6) is 0.0951. The summed E-state index contributed by atoms with van der Waals surface area (Å²) in [5.41, 5.74) is -1.70. The lowest BCUT2D eigenvalue weighted by Crippen LogP contribution is -2.22. The highest BCUT2D eigenvalue weighted by atomic mass is 35.5. The number of alkyl halides is 2. The number of carbonyl (C=O) groups is 1. The standard InChI is InChI=1S/C10H9Cl2FO/c11-6-5-10(13,7-14)8-1-3-9(12)4-2-8/h1-4,7H,5-6H2. The van der Waals surface area contributed by atoms with E-state index in [4.69, 9.17) is 23.2 Å². The van der Waals surface area contributed by atoms with Crippen molar-refractivity contribution in [2.24, 2.45) is 0 Å². The van der Waals surface area contributed by atoms with E-state index in [0.717, 1.165) is 0 Å². The van der Waals surface area contributed by atoms with Crippen molar-refractivity contribution in [3.63, 3.8) is 0 Å². The third kappa shape index (κ3) is 2.46. The number of carbonyl (C=O) groups excluding carboxylic acids is 1. The summed E-state index contributed by atoms with van der Waals surface area (Å²) in [6.45, 7) is 0. The lowest BCUT2D eigenvalue weighted by atomic mass is 9.95. The highest BCUT2D eigenvalue weighted by Crippen LogP contribution is 2.28. The van der Waals surface area contributed by atoms with E-state index in [0.29, 0.717) is 5.02 Å². The minimum atomic E-state index is -1.99. The van der Waals surface area contributed by atoms with Crippen LogP contribution in [0.1, 0.15) is 12.0 Å². The number of benzene rings is 1. The van der Waals surface area contributed by atoms with Crippen LogP contribution in [0.2, 0.25) is 5.02 Å². The van der Waals surface area contributed by atoms with E-state index in [-0.39, 0.29) is 24.2 Å². The average molecular weight is 235 g/mol. The second-order valence-corrected chi connectivity index (χ2v) is 3.74. The number of halogens is 3. The van der Waals surface area contributed by atoms with E-state index >= 15 is 0 Å². The van der Waals surface area contributed by atoms with Gasteiger partial charge in [-0.3, -0.25) is 4.79 Å². The van der Waals surface area contributed by atoms with Crippen LogP contribution in [0.4, 0.5) is 4.39 Å². The Balaban J connectivity index is 2.99. The fourth-order valence-corrected chi connectivity index (χ4v) is 1.54. The van der Waals surface area contributed by atoms with Crippen molar-refractivity contribution in [2.75, 3.05) is 5.88 Å². The van der Waals surface area contributed by atoms with Gasteiger partial charge in [0, 0.05) is 17.3 Å². The van der Waals surface area contributed by atoms with Crippen molar-refractivity contribution in [1.82, 2.24) is 0 Å². The molecule has 1 unspecified atom stereocenters. The first-order chi connectivity index (χ1) is 6.62. The Labute approximate surface area is 91.8 Å².